The average molecular weight is 242 g/mol. The molecule has 90 valence electrons. The van der Waals surface area contributed by atoms with E-state index < -0.39 is 0 Å². The molecule has 0 unspecified atom stereocenters. The second-order valence-corrected chi connectivity index (χ2v) is 4.68. The highest BCUT2D eigenvalue weighted by Crippen LogP contribution is 2.09. The average Bonchev–Trinajstić information content (AvgIpc) is 2.83. The molecule has 1 aromatic rings. The van der Waals surface area contributed by atoms with Crippen LogP contribution in [-0.4, -0.2) is 42.5 Å². The molecule has 0 spiro atoms. The molecule has 0 bridgehead atoms. The number of hydrogen-bond acceptors (Lipinski definition) is 6. The van der Waals surface area contributed by atoms with Gasteiger partial charge in [-0.3, -0.25) is 0 Å². The van der Waals surface area contributed by atoms with Crippen molar-refractivity contribution < 1.29 is 4.74 Å². The largest absolute Gasteiger partial charge is 0.378 e. The first kappa shape index (κ1) is 11.8. The van der Waals surface area contributed by atoms with Crippen molar-refractivity contribution >= 4 is 16.5 Å². The SMILES string of the molecule is c1nnc(NCCCOC2CCNCC2)s1. The fraction of sp³-hybridized carbons (Fsp3) is 0.800. The lowest BCUT2D eigenvalue weighted by Gasteiger charge is -2.22. The van der Waals surface area contributed by atoms with Gasteiger partial charge in [-0.15, -0.1) is 10.2 Å². The maximum Gasteiger partial charge on any atom is 0.205 e. The Hall–Kier alpha value is -0.720. The fourth-order valence-corrected chi connectivity index (χ4v) is 2.20. The highest BCUT2D eigenvalue weighted by Gasteiger charge is 2.12. The van der Waals surface area contributed by atoms with Gasteiger partial charge in [0.1, 0.15) is 5.51 Å². The zero-order chi connectivity index (χ0) is 11.1. The molecule has 1 aliphatic rings. The molecule has 0 saturated carbocycles. The van der Waals surface area contributed by atoms with Gasteiger partial charge < -0.3 is 15.4 Å². The zero-order valence-electron chi connectivity index (χ0n) is 9.32. The summed E-state index contributed by atoms with van der Waals surface area (Å²) in [5, 5.41) is 15.1. The molecule has 0 radical (unpaired) electrons. The number of nitrogens with one attached hydrogen (secondary N) is 2. The highest BCUT2D eigenvalue weighted by molar-refractivity contribution is 7.13. The maximum atomic E-state index is 5.79. The van der Waals surface area contributed by atoms with Gasteiger partial charge in [-0.2, -0.15) is 0 Å². The van der Waals surface area contributed by atoms with Crippen molar-refractivity contribution in [2.24, 2.45) is 0 Å². The van der Waals surface area contributed by atoms with Gasteiger partial charge in [0.25, 0.3) is 0 Å². The summed E-state index contributed by atoms with van der Waals surface area (Å²) >= 11 is 1.53. The summed E-state index contributed by atoms with van der Waals surface area (Å²) < 4.78 is 5.79. The van der Waals surface area contributed by atoms with E-state index in [0.29, 0.717) is 6.10 Å². The van der Waals surface area contributed by atoms with Crippen LogP contribution < -0.4 is 10.6 Å². The van der Waals surface area contributed by atoms with Crippen molar-refractivity contribution in [3.63, 3.8) is 0 Å². The maximum absolute atomic E-state index is 5.79. The Morgan fingerprint density at radius 2 is 2.38 bits per heavy atom. The van der Waals surface area contributed by atoms with Crippen LogP contribution in [0.5, 0.6) is 0 Å². The third-order valence-electron chi connectivity index (χ3n) is 2.60. The molecule has 1 fully saturated rings. The Balaban J connectivity index is 1.48. The van der Waals surface area contributed by atoms with Crippen LogP contribution in [0.25, 0.3) is 0 Å². The number of piperidine rings is 1. The van der Waals surface area contributed by atoms with Crippen LogP contribution in [0.4, 0.5) is 5.13 Å². The lowest BCUT2D eigenvalue weighted by molar-refractivity contribution is 0.0329. The lowest BCUT2D eigenvalue weighted by atomic mass is 10.1. The normalized spacial score (nSPS) is 17.5. The lowest BCUT2D eigenvalue weighted by Crippen LogP contribution is -2.32. The van der Waals surface area contributed by atoms with E-state index in [9.17, 15) is 0 Å². The molecule has 6 heteroatoms. The Bertz CT molecular complexity index is 274. The van der Waals surface area contributed by atoms with Crippen molar-refractivity contribution in [2.75, 3.05) is 31.6 Å². The number of hydrogen-bond donors (Lipinski definition) is 2. The Morgan fingerprint density at radius 1 is 1.50 bits per heavy atom. The first-order valence-corrected chi connectivity index (χ1v) is 6.65. The van der Waals surface area contributed by atoms with Crippen LogP contribution in [0.15, 0.2) is 5.51 Å². The highest BCUT2D eigenvalue weighted by atomic mass is 32.1. The Kier molecular flexibility index (Phi) is 4.98. The molecule has 0 amide bonds. The molecule has 1 aromatic heterocycles. The van der Waals surface area contributed by atoms with Gasteiger partial charge >= 0.3 is 0 Å². The third-order valence-corrected chi connectivity index (χ3v) is 3.25. The van der Waals surface area contributed by atoms with E-state index in [0.717, 1.165) is 50.6 Å². The number of anilines is 1. The van der Waals surface area contributed by atoms with Crippen LogP contribution in [0, 0.1) is 0 Å². The van der Waals surface area contributed by atoms with E-state index in [1.54, 1.807) is 5.51 Å². The standard InChI is InChI=1S/C10H18N4OS/c1(4-12-10-14-13-8-16-10)7-15-9-2-5-11-6-3-9/h8-9,11H,1-7H2,(H,12,14). The van der Waals surface area contributed by atoms with Crippen LogP contribution >= 0.6 is 11.3 Å². The summed E-state index contributed by atoms with van der Waals surface area (Å²) in [6.45, 7) is 3.91. The molecule has 2 heterocycles. The Labute approximate surface area is 99.6 Å². The molecule has 0 aromatic carbocycles. The summed E-state index contributed by atoms with van der Waals surface area (Å²) in [6.07, 6.45) is 3.76. The van der Waals surface area contributed by atoms with Gasteiger partial charge in [-0.25, -0.2) is 0 Å². The molecule has 2 rings (SSSR count). The van der Waals surface area contributed by atoms with Crippen LogP contribution in [0.3, 0.4) is 0 Å². The molecule has 1 aliphatic heterocycles. The number of rotatable bonds is 6. The second kappa shape index (κ2) is 6.78. The van der Waals surface area contributed by atoms with Gasteiger partial charge in [-0.1, -0.05) is 11.3 Å². The smallest absolute Gasteiger partial charge is 0.205 e. The number of nitrogens with zero attached hydrogens (tertiary/aromatic N) is 2. The summed E-state index contributed by atoms with van der Waals surface area (Å²) in [7, 11) is 0. The molecule has 1 saturated heterocycles. The summed E-state index contributed by atoms with van der Waals surface area (Å²) in [4.78, 5) is 0. The monoisotopic (exact) mass is 242 g/mol. The van der Waals surface area contributed by atoms with Gasteiger partial charge in [0, 0.05) is 13.2 Å². The molecule has 5 nitrogen and oxygen atoms in total. The van der Waals surface area contributed by atoms with Crippen LogP contribution in [-0.2, 0) is 4.74 Å². The summed E-state index contributed by atoms with van der Waals surface area (Å²) in [6, 6.07) is 0. The third kappa shape index (κ3) is 4.03. The van der Waals surface area contributed by atoms with E-state index in [4.69, 9.17) is 4.74 Å². The van der Waals surface area contributed by atoms with Crippen molar-refractivity contribution in [3.05, 3.63) is 5.51 Å². The summed E-state index contributed by atoms with van der Waals surface area (Å²) in [5.41, 5.74) is 1.73. The molecular formula is C10H18N4OS. The molecule has 0 atom stereocenters. The van der Waals surface area contributed by atoms with Gasteiger partial charge in [0.15, 0.2) is 0 Å². The topological polar surface area (TPSA) is 59.1 Å². The minimum Gasteiger partial charge on any atom is -0.378 e. The second-order valence-electron chi connectivity index (χ2n) is 3.84. The van der Waals surface area contributed by atoms with Gasteiger partial charge in [-0.05, 0) is 32.4 Å². The van der Waals surface area contributed by atoms with E-state index in [2.05, 4.69) is 20.8 Å². The molecule has 2 N–H and O–H groups in total. The van der Waals surface area contributed by atoms with E-state index in [-0.39, 0.29) is 0 Å². The minimum atomic E-state index is 0.461. The molecular weight excluding hydrogens is 224 g/mol. The number of aromatic nitrogens is 2. The van der Waals surface area contributed by atoms with Gasteiger partial charge in [0.05, 0.1) is 6.10 Å². The van der Waals surface area contributed by atoms with Crippen molar-refractivity contribution in [1.29, 1.82) is 0 Å². The predicted molar refractivity (Wildman–Crippen MR) is 64.9 cm³/mol. The minimum absolute atomic E-state index is 0.461. The van der Waals surface area contributed by atoms with E-state index in [1.807, 2.05) is 0 Å². The number of ether oxygens (including phenoxy) is 1. The summed E-state index contributed by atoms with van der Waals surface area (Å²) in [5.74, 6) is 0. The van der Waals surface area contributed by atoms with Crippen LogP contribution in [0.1, 0.15) is 19.3 Å². The molecule has 16 heavy (non-hydrogen) atoms. The first-order chi connectivity index (χ1) is 7.95. The Morgan fingerprint density at radius 3 is 3.12 bits per heavy atom. The van der Waals surface area contributed by atoms with E-state index in [1.165, 1.54) is 11.3 Å². The van der Waals surface area contributed by atoms with Crippen molar-refractivity contribution in [2.45, 2.75) is 25.4 Å². The van der Waals surface area contributed by atoms with E-state index >= 15 is 0 Å². The fourth-order valence-electron chi connectivity index (χ4n) is 1.73. The first-order valence-electron chi connectivity index (χ1n) is 5.77. The van der Waals surface area contributed by atoms with Gasteiger partial charge in [0.2, 0.25) is 5.13 Å². The van der Waals surface area contributed by atoms with Crippen LogP contribution in [0.2, 0.25) is 0 Å². The molecule has 0 aliphatic carbocycles. The quantitative estimate of drug-likeness (QED) is 0.732. The van der Waals surface area contributed by atoms with Crippen molar-refractivity contribution in [3.8, 4) is 0 Å². The zero-order valence-corrected chi connectivity index (χ0v) is 10.1. The predicted octanol–water partition coefficient (Wildman–Crippen LogP) is 1.11. The van der Waals surface area contributed by atoms with Crippen molar-refractivity contribution in [1.82, 2.24) is 15.5 Å².